The van der Waals surface area contributed by atoms with E-state index < -0.39 is 6.10 Å². The summed E-state index contributed by atoms with van der Waals surface area (Å²) in [6.07, 6.45) is -0.687. The highest BCUT2D eigenvalue weighted by atomic mass is 35.5. The van der Waals surface area contributed by atoms with E-state index >= 15 is 0 Å². The molecule has 0 aliphatic rings. The van der Waals surface area contributed by atoms with E-state index in [0.717, 1.165) is 11.1 Å². The van der Waals surface area contributed by atoms with Crippen molar-refractivity contribution in [2.75, 3.05) is 19.5 Å². The first-order valence-corrected chi connectivity index (χ1v) is 8.19. The quantitative estimate of drug-likeness (QED) is 0.827. The van der Waals surface area contributed by atoms with E-state index in [-0.39, 0.29) is 5.91 Å². The molecule has 0 unspecified atom stereocenters. The van der Waals surface area contributed by atoms with Crippen molar-refractivity contribution in [3.63, 3.8) is 0 Å². The molecule has 5 nitrogen and oxygen atoms in total. The van der Waals surface area contributed by atoms with Gasteiger partial charge in [0.1, 0.15) is 17.2 Å². The molecule has 0 saturated carbocycles. The predicted octanol–water partition coefficient (Wildman–Crippen LogP) is 4.38. The largest absolute Gasteiger partial charge is 0.495 e. The number of hydrogen-bond acceptors (Lipinski definition) is 4. The number of nitrogens with one attached hydrogen (secondary N) is 1. The fourth-order valence-corrected chi connectivity index (χ4v) is 2.60. The van der Waals surface area contributed by atoms with Gasteiger partial charge in [0, 0.05) is 12.1 Å². The second-order valence-corrected chi connectivity index (χ2v) is 6.11. The van der Waals surface area contributed by atoms with Crippen molar-refractivity contribution in [1.29, 1.82) is 0 Å². The first-order valence-electron chi connectivity index (χ1n) is 7.82. The zero-order valence-corrected chi connectivity index (χ0v) is 15.7. The molecule has 0 fully saturated rings. The summed E-state index contributed by atoms with van der Waals surface area (Å²) in [5.74, 6) is 1.26. The number of carbonyl (C=O) groups is 1. The maximum absolute atomic E-state index is 12.5. The van der Waals surface area contributed by atoms with Crippen molar-refractivity contribution >= 4 is 23.2 Å². The fraction of sp³-hybridized carbons (Fsp3) is 0.316. The Morgan fingerprint density at radius 2 is 1.72 bits per heavy atom. The molecule has 1 atom stereocenters. The lowest BCUT2D eigenvalue weighted by Crippen LogP contribution is -2.30. The Labute approximate surface area is 152 Å². The maximum atomic E-state index is 12.5. The third-order valence-corrected chi connectivity index (χ3v) is 4.03. The Kier molecular flexibility index (Phi) is 6.15. The van der Waals surface area contributed by atoms with Gasteiger partial charge in [-0.3, -0.25) is 4.79 Å². The summed E-state index contributed by atoms with van der Waals surface area (Å²) in [7, 11) is 3.01. The predicted molar refractivity (Wildman–Crippen MR) is 99.2 cm³/mol. The minimum atomic E-state index is -0.687. The van der Waals surface area contributed by atoms with Gasteiger partial charge in [-0.25, -0.2) is 0 Å². The Balaban J connectivity index is 2.15. The number of ether oxygens (including phenoxy) is 3. The van der Waals surface area contributed by atoms with Crippen LogP contribution in [0.5, 0.6) is 17.2 Å². The summed E-state index contributed by atoms with van der Waals surface area (Å²) >= 11 is 6.07. The van der Waals surface area contributed by atoms with E-state index in [1.54, 1.807) is 19.1 Å². The number of aryl methyl sites for hydroxylation is 2. The van der Waals surface area contributed by atoms with E-state index in [9.17, 15) is 4.79 Å². The van der Waals surface area contributed by atoms with Crippen LogP contribution in [0.25, 0.3) is 0 Å². The van der Waals surface area contributed by atoms with Crippen LogP contribution < -0.4 is 19.5 Å². The van der Waals surface area contributed by atoms with Crippen LogP contribution in [-0.2, 0) is 4.79 Å². The molecule has 2 aromatic rings. The van der Waals surface area contributed by atoms with Crippen molar-refractivity contribution < 1.29 is 19.0 Å². The van der Waals surface area contributed by atoms with Crippen LogP contribution in [0.1, 0.15) is 18.1 Å². The lowest BCUT2D eigenvalue weighted by atomic mass is 10.1. The molecule has 0 spiro atoms. The molecule has 134 valence electrons. The number of rotatable bonds is 6. The summed E-state index contributed by atoms with van der Waals surface area (Å²) in [5, 5.41) is 3.19. The highest BCUT2D eigenvalue weighted by molar-refractivity contribution is 6.32. The zero-order valence-electron chi connectivity index (χ0n) is 15.0. The first-order chi connectivity index (χ1) is 11.8. The maximum Gasteiger partial charge on any atom is 0.265 e. The van der Waals surface area contributed by atoms with Gasteiger partial charge in [0.15, 0.2) is 6.10 Å². The first kappa shape index (κ1) is 18.9. The molecule has 0 aliphatic carbocycles. The van der Waals surface area contributed by atoms with E-state index in [4.69, 9.17) is 25.8 Å². The van der Waals surface area contributed by atoms with Crippen LogP contribution in [0.4, 0.5) is 5.69 Å². The number of methoxy groups -OCH3 is 2. The summed E-state index contributed by atoms with van der Waals surface area (Å²) in [4.78, 5) is 12.5. The third kappa shape index (κ3) is 4.57. The molecule has 0 saturated heterocycles. The van der Waals surface area contributed by atoms with Crippen molar-refractivity contribution in [3.05, 3.63) is 46.5 Å². The third-order valence-electron chi connectivity index (χ3n) is 3.74. The number of halogens is 1. The van der Waals surface area contributed by atoms with Crippen molar-refractivity contribution in [2.24, 2.45) is 0 Å². The number of amides is 1. The van der Waals surface area contributed by atoms with Gasteiger partial charge >= 0.3 is 0 Å². The fourth-order valence-electron chi connectivity index (χ4n) is 2.37. The number of carbonyl (C=O) groups excluding carboxylic acids is 1. The van der Waals surface area contributed by atoms with Crippen LogP contribution in [0.15, 0.2) is 30.3 Å². The Bertz CT molecular complexity index is 776. The number of anilines is 1. The average Bonchev–Trinajstić information content (AvgIpc) is 2.58. The van der Waals surface area contributed by atoms with Gasteiger partial charge < -0.3 is 19.5 Å². The molecule has 0 heterocycles. The summed E-state index contributed by atoms with van der Waals surface area (Å²) < 4.78 is 16.2. The molecule has 2 aromatic carbocycles. The van der Waals surface area contributed by atoms with E-state index in [1.807, 2.05) is 32.0 Å². The molecule has 25 heavy (non-hydrogen) atoms. The van der Waals surface area contributed by atoms with E-state index in [2.05, 4.69) is 5.32 Å². The second kappa shape index (κ2) is 8.12. The standard InChI is InChI=1S/C19H22ClNO4/c1-11-6-7-16(12(2)8-11)25-13(3)19(22)21-15-10-17(23-4)14(20)9-18(15)24-5/h6-10,13H,1-5H3,(H,21,22)/t13-/m0/s1. The van der Waals surface area contributed by atoms with Gasteiger partial charge in [0.2, 0.25) is 0 Å². The van der Waals surface area contributed by atoms with Gasteiger partial charge in [-0.1, -0.05) is 29.3 Å². The number of hydrogen-bond donors (Lipinski definition) is 1. The molecule has 2 rings (SSSR count). The summed E-state index contributed by atoms with van der Waals surface area (Å²) in [6.45, 7) is 5.64. The van der Waals surface area contributed by atoms with Crippen LogP contribution in [0.3, 0.4) is 0 Å². The molecular weight excluding hydrogens is 342 g/mol. The van der Waals surface area contributed by atoms with E-state index in [1.165, 1.54) is 14.2 Å². The monoisotopic (exact) mass is 363 g/mol. The minimum absolute atomic E-state index is 0.303. The van der Waals surface area contributed by atoms with Gasteiger partial charge in [0.05, 0.1) is 24.9 Å². The molecule has 0 radical (unpaired) electrons. The molecule has 0 bridgehead atoms. The Morgan fingerprint density at radius 3 is 2.32 bits per heavy atom. The highest BCUT2D eigenvalue weighted by Gasteiger charge is 2.19. The van der Waals surface area contributed by atoms with Gasteiger partial charge in [0.25, 0.3) is 5.91 Å². The van der Waals surface area contributed by atoms with Crippen LogP contribution >= 0.6 is 11.6 Å². The van der Waals surface area contributed by atoms with Crippen molar-refractivity contribution in [3.8, 4) is 17.2 Å². The van der Waals surface area contributed by atoms with Crippen molar-refractivity contribution in [2.45, 2.75) is 26.9 Å². The SMILES string of the molecule is COc1cc(NC(=O)[C@H](C)Oc2ccc(C)cc2C)c(OC)cc1Cl. The van der Waals surface area contributed by atoms with Crippen LogP contribution in [-0.4, -0.2) is 26.2 Å². The van der Waals surface area contributed by atoms with Crippen LogP contribution in [0.2, 0.25) is 5.02 Å². The topological polar surface area (TPSA) is 56.8 Å². The average molecular weight is 364 g/mol. The van der Waals surface area contributed by atoms with Crippen molar-refractivity contribution in [1.82, 2.24) is 0 Å². The lowest BCUT2D eigenvalue weighted by Gasteiger charge is -2.18. The minimum Gasteiger partial charge on any atom is -0.495 e. The van der Waals surface area contributed by atoms with E-state index in [0.29, 0.717) is 28.0 Å². The number of benzene rings is 2. The highest BCUT2D eigenvalue weighted by Crippen LogP contribution is 2.36. The molecule has 6 heteroatoms. The Morgan fingerprint density at radius 1 is 1.04 bits per heavy atom. The second-order valence-electron chi connectivity index (χ2n) is 5.71. The zero-order chi connectivity index (χ0) is 18.6. The summed E-state index contributed by atoms with van der Waals surface area (Å²) in [6, 6.07) is 9.02. The summed E-state index contributed by atoms with van der Waals surface area (Å²) in [5.41, 5.74) is 2.58. The molecule has 1 N–H and O–H groups in total. The smallest absolute Gasteiger partial charge is 0.265 e. The lowest BCUT2D eigenvalue weighted by molar-refractivity contribution is -0.122. The molecule has 0 aliphatic heterocycles. The molecule has 0 aromatic heterocycles. The normalized spacial score (nSPS) is 11.6. The molecule has 1 amide bonds. The van der Waals surface area contributed by atoms with Gasteiger partial charge in [-0.15, -0.1) is 0 Å². The Hall–Kier alpha value is -2.40. The molecular formula is C19H22ClNO4. The van der Waals surface area contributed by atoms with Crippen LogP contribution in [0, 0.1) is 13.8 Å². The van der Waals surface area contributed by atoms with Gasteiger partial charge in [-0.2, -0.15) is 0 Å². The van der Waals surface area contributed by atoms with Gasteiger partial charge in [-0.05, 0) is 32.4 Å².